The van der Waals surface area contributed by atoms with Gasteiger partial charge >= 0.3 is 0 Å². The number of benzene rings is 2. The number of para-hydroxylation sites is 3. The number of aryl methyl sites for hydroxylation is 2. The van der Waals surface area contributed by atoms with Gasteiger partial charge in [-0.3, -0.25) is 4.79 Å². The molecule has 152 valence electrons. The number of carbonyl (C=O) groups is 1. The van der Waals surface area contributed by atoms with Gasteiger partial charge in [0.15, 0.2) is 0 Å². The number of aromatic nitrogens is 4. The zero-order chi connectivity index (χ0) is 21.3. The third-order valence-electron chi connectivity index (χ3n) is 4.66. The lowest BCUT2D eigenvalue weighted by atomic mass is 10.3. The molecule has 2 aromatic heterocycles. The Hall–Kier alpha value is -3.16. The van der Waals surface area contributed by atoms with Crippen molar-refractivity contribution >= 4 is 46.4 Å². The van der Waals surface area contributed by atoms with Crippen molar-refractivity contribution in [2.45, 2.75) is 20.4 Å². The molecule has 4 rings (SSSR count). The minimum Gasteiger partial charge on any atom is -0.319 e. The Kier molecular flexibility index (Phi) is 5.57. The van der Waals surface area contributed by atoms with Crippen LogP contribution in [0, 0.1) is 13.8 Å². The molecule has 0 aliphatic rings. The number of halogens is 2. The normalized spacial score (nSPS) is 11.5. The van der Waals surface area contributed by atoms with E-state index in [9.17, 15) is 4.79 Å². The number of rotatable bonds is 5. The van der Waals surface area contributed by atoms with Gasteiger partial charge in [0.05, 0.1) is 39.2 Å². The van der Waals surface area contributed by atoms with Gasteiger partial charge in [-0.05, 0) is 38.1 Å². The van der Waals surface area contributed by atoms with Crippen molar-refractivity contribution < 1.29 is 4.79 Å². The molecule has 0 radical (unpaired) electrons. The molecule has 0 aliphatic heterocycles. The number of fused-ring (bicyclic) bond motifs is 1. The van der Waals surface area contributed by atoms with Crippen molar-refractivity contribution in [2.24, 2.45) is 5.10 Å². The summed E-state index contributed by atoms with van der Waals surface area (Å²) in [5.74, 6) is 0.486. The maximum atomic E-state index is 12.4. The maximum absolute atomic E-state index is 12.4. The molecule has 9 heteroatoms. The summed E-state index contributed by atoms with van der Waals surface area (Å²) in [5.41, 5.74) is 6.21. The molecule has 7 nitrogen and oxygen atoms in total. The lowest BCUT2D eigenvalue weighted by Gasteiger charge is -2.05. The van der Waals surface area contributed by atoms with Crippen molar-refractivity contribution in [3.63, 3.8) is 0 Å². The van der Waals surface area contributed by atoms with E-state index in [2.05, 4.69) is 20.6 Å². The second kappa shape index (κ2) is 8.30. The number of carbonyl (C=O) groups excluding carboxylic acids is 1. The summed E-state index contributed by atoms with van der Waals surface area (Å²) in [4.78, 5) is 16.9. The van der Waals surface area contributed by atoms with Gasteiger partial charge in [-0.25, -0.2) is 15.1 Å². The van der Waals surface area contributed by atoms with Gasteiger partial charge in [0.25, 0.3) is 5.91 Å². The van der Waals surface area contributed by atoms with Crippen LogP contribution in [0.2, 0.25) is 10.2 Å². The first kappa shape index (κ1) is 20.1. The van der Waals surface area contributed by atoms with Crippen LogP contribution in [0.1, 0.15) is 17.1 Å². The lowest BCUT2D eigenvalue weighted by Crippen LogP contribution is -2.23. The fourth-order valence-electron chi connectivity index (χ4n) is 3.18. The zero-order valence-electron chi connectivity index (χ0n) is 16.3. The van der Waals surface area contributed by atoms with Crippen LogP contribution in [0.5, 0.6) is 0 Å². The first-order valence-electron chi connectivity index (χ1n) is 9.19. The smallest absolute Gasteiger partial charge is 0.260 e. The molecule has 2 heterocycles. The number of hydrogen-bond donors (Lipinski definition) is 1. The third-order valence-corrected chi connectivity index (χ3v) is 5.34. The largest absolute Gasteiger partial charge is 0.319 e. The van der Waals surface area contributed by atoms with Crippen LogP contribution in [0.25, 0.3) is 16.7 Å². The van der Waals surface area contributed by atoms with E-state index in [1.165, 1.54) is 6.21 Å². The minimum absolute atomic E-state index is 0.106. The number of amides is 1. The Labute approximate surface area is 182 Å². The summed E-state index contributed by atoms with van der Waals surface area (Å²) in [6.07, 6.45) is 1.48. The van der Waals surface area contributed by atoms with Crippen molar-refractivity contribution in [3.05, 3.63) is 75.8 Å². The molecule has 4 aromatic rings. The average molecular weight is 441 g/mol. The van der Waals surface area contributed by atoms with Gasteiger partial charge in [0, 0.05) is 0 Å². The van der Waals surface area contributed by atoms with Crippen LogP contribution in [0.15, 0.2) is 53.6 Å². The van der Waals surface area contributed by atoms with Gasteiger partial charge in [-0.15, -0.1) is 0 Å². The Balaban J connectivity index is 1.50. The molecule has 0 atom stereocenters. The molecular weight excluding hydrogens is 423 g/mol. The molecule has 30 heavy (non-hydrogen) atoms. The minimum atomic E-state index is -0.273. The fraction of sp³-hybridized carbons (Fsp3) is 0.143. The van der Waals surface area contributed by atoms with Crippen molar-refractivity contribution in [2.75, 3.05) is 0 Å². The highest BCUT2D eigenvalue weighted by molar-refractivity contribution is 6.34. The zero-order valence-corrected chi connectivity index (χ0v) is 17.8. The summed E-state index contributed by atoms with van der Waals surface area (Å²) in [5, 5.41) is 9.37. The Morgan fingerprint density at radius 2 is 1.87 bits per heavy atom. The van der Waals surface area contributed by atoms with Crippen molar-refractivity contribution in [3.8, 4) is 5.69 Å². The van der Waals surface area contributed by atoms with Crippen LogP contribution in [0.4, 0.5) is 0 Å². The van der Waals surface area contributed by atoms with E-state index < -0.39 is 0 Å². The molecule has 0 fully saturated rings. The highest BCUT2D eigenvalue weighted by Gasteiger charge is 2.15. The van der Waals surface area contributed by atoms with Crippen LogP contribution in [-0.4, -0.2) is 31.5 Å². The summed E-state index contributed by atoms with van der Waals surface area (Å²) in [6, 6.07) is 14.9. The van der Waals surface area contributed by atoms with Gasteiger partial charge in [0.1, 0.15) is 17.5 Å². The van der Waals surface area contributed by atoms with Crippen LogP contribution in [-0.2, 0) is 11.3 Å². The van der Waals surface area contributed by atoms with E-state index in [-0.39, 0.29) is 12.5 Å². The topological polar surface area (TPSA) is 77.1 Å². The van der Waals surface area contributed by atoms with E-state index in [4.69, 9.17) is 23.2 Å². The monoisotopic (exact) mass is 440 g/mol. The van der Waals surface area contributed by atoms with E-state index in [1.807, 2.05) is 60.9 Å². The number of nitrogens with one attached hydrogen (secondary N) is 1. The third kappa shape index (κ3) is 3.81. The summed E-state index contributed by atoms with van der Waals surface area (Å²) in [7, 11) is 0. The summed E-state index contributed by atoms with van der Waals surface area (Å²) in [6.45, 7) is 3.78. The molecule has 0 saturated carbocycles. The molecule has 0 bridgehead atoms. The molecule has 2 aromatic carbocycles. The average Bonchev–Trinajstić information content (AvgIpc) is 3.19. The standard InChI is InChI=1S/C21H18Cl2N6O/c1-13-15(21(23)29(27-13)18-9-5-3-7-16(18)22)11-24-26-20(30)12-28-14(2)25-17-8-4-6-10-19(17)28/h3-11H,12H2,1-2H3,(H,26,30)/b24-11+. The van der Waals surface area contributed by atoms with E-state index in [1.54, 1.807) is 10.7 Å². The van der Waals surface area contributed by atoms with E-state index in [0.29, 0.717) is 27.1 Å². The molecular formula is C21H18Cl2N6O. The van der Waals surface area contributed by atoms with Crippen molar-refractivity contribution in [1.82, 2.24) is 24.8 Å². The quantitative estimate of drug-likeness (QED) is 0.371. The number of hydrogen-bond acceptors (Lipinski definition) is 4. The Morgan fingerprint density at radius 1 is 1.13 bits per heavy atom. The van der Waals surface area contributed by atoms with Gasteiger partial charge < -0.3 is 4.57 Å². The Bertz CT molecular complexity index is 1270. The predicted molar refractivity (Wildman–Crippen MR) is 119 cm³/mol. The van der Waals surface area contributed by atoms with Crippen molar-refractivity contribution in [1.29, 1.82) is 0 Å². The molecule has 0 aliphatic carbocycles. The van der Waals surface area contributed by atoms with Crippen LogP contribution >= 0.6 is 23.2 Å². The first-order chi connectivity index (χ1) is 14.5. The molecule has 0 saturated heterocycles. The predicted octanol–water partition coefficient (Wildman–Crippen LogP) is 4.30. The number of imidazole rings is 1. The van der Waals surface area contributed by atoms with Gasteiger partial charge in [-0.1, -0.05) is 47.5 Å². The molecule has 0 unspecified atom stereocenters. The second-order valence-corrected chi connectivity index (χ2v) is 7.45. The second-order valence-electron chi connectivity index (χ2n) is 6.68. The first-order valence-corrected chi connectivity index (χ1v) is 9.95. The number of nitrogens with zero attached hydrogens (tertiary/aromatic N) is 5. The fourth-order valence-corrected chi connectivity index (χ4v) is 3.71. The molecule has 1 N–H and O–H groups in total. The lowest BCUT2D eigenvalue weighted by molar-refractivity contribution is -0.121. The molecule has 0 spiro atoms. The van der Waals surface area contributed by atoms with E-state index in [0.717, 1.165) is 16.9 Å². The van der Waals surface area contributed by atoms with Gasteiger partial charge in [-0.2, -0.15) is 10.2 Å². The summed E-state index contributed by atoms with van der Waals surface area (Å²) < 4.78 is 3.39. The SMILES string of the molecule is Cc1nn(-c2ccccc2Cl)c(Cl)c1/C=N/NC(=O)Cn1c(C)nc2ccccc21. The van der Waals surface area contributed by atoms with Crippen LogP contribution in [0.3, 0.4) is 0 Å². The van der Waals surface area contributed by atoms with E-state index >= 15 is 0 Å². The number of hydrazone groups is 1. The maximum Gasteiger partial charge on any atom is 0.260 e. The Morgan fingerprint density at radius 3 is 2.67 bits per heavy atom. The molecule has 1 amide bonds. The van der Waals surface area contributed by atoms with Crippen LogP contribution < -0.4 is 5.43 Å². The highest BCUT2D eigenvalue weighted by Crippen LogP contribution is 2.26. The highest BCUT2D eigenvalue weighted by atomic mass is 35.5. The van der Waals surface area contributed by atoms with Gasteiger partial charge in [0.2, 0.25) is 0 Å². The summed E-state index contributed by atoms with van der Waals surface area (Å²) >= 11 is 12.7.